The highest BCUT2D eigenvalue weighted by Gasteiger charge is 2.23. The maximum Gasteiger partial charge on any atom is 0.243 e. The molecule has 0 aromatic heterocycles. The fourth-order valence-electron chi connectivity index (χ4n) is 1.90. The number of unbranched alkanes of at least 4 members (excludes halogenated alkanes) is 1. The van der Waals surface area contributed by atoms with Gasteiger partial charge in [0.05, 0.1) is 11.5 Å². The van der Waals surface area contributed by atoms with E-state index in [1.54, 1.807) is 25.2 Å². The van der Waals surface area contributed by atoms with Crippen LogP contribution in [-0.2, 0) is 23.1 Å². The largest absolute Gasteiger partial charge is 0.392 e. The van der Waals surface area contributed by atoms with Gasteiger partial charge in [-0.15, -0.1) is 0 Å². The average molecular weight is 285 g/mol. The second kappa shape index (κ2) is 7.03. The second-order valence-electron chi connectivity index (χ2n) is 4.63. The van der Waals surface area contributed by atoms with E-state index in [1.165, 1.54) is 4.31 Å². The third kappa shape index (κ3) is 3.78. The van der Waals surface area contributed by atoms with Crippen LogP contribution in [0.15, 0.2) is 23.1 Å². The summed E-state index contributed by atoms with van der Waals surface area (Å²) in [6, 6.07) is 5.13. The number of aliphatic hydroxyl groups excluding tert-OH is 1. The van der Waals surface area contributed by atoms with Gasteiger partial charge in [-0.3, -0.25) is 0 Å². The van der Waals surface area contributed by atoms with Gasteiger partial charge < -0.3 is 5.11 Å². The van der Waals surface area contributed by atoms with Crippen LogP contribution in [0.4, 0.5) is 0 Å². The third-order valence-corrected chi connectivity index (χ3v) is 5.15. The van der Waals surface area contributed by atoms with E-state index in [2.05, 4.69) is 0 Å². The molecule has 0 atom stereocenters. The summed E-state index contributed by atoms with van der Waals surface area (Å²) in [5.41, 5.74) is 1.42. The van der Waals surface area contributed by atoms with Crippen LogP contribution in [0.25, 0.3) is 0 Å². The van der Waals surface area contributed by atoms with Crippen molar-refractivity contribution in [1.82, 2.24) is 4.31 Å². The van der Waals surface area contributed by atoms with E-state index in [-0.39, 0.29) is 6.61 Å². The molecule has 0 heterocycles. The molecule has 4 nitrogen and oxygen atoms in total. The van der Waals surface area contributed by atoms with E-state index in [1.807, 2.05) is 13.8 Å². The standard InChI is InChI=1S/C14H23NO3S/c1-4-6-9-15(3)19(17,18)14-10-12(11-16)7-8-13(14)5-2/h7-8,10,16H,4-6,9,11H2,1-3H3. The smallest absolute Gasteiger partial charge is 0.243 e. The summed E-state index contributed by atoms with van der Waals surface area (Å²) in [4.78, 5) is 0.320. The van der Waals surface area contributed by atoms with Gasteiger partial charge in [-0.25, -0.2) is 12.7 Å². The molecule has 0 aliphatic heterocycles. The number of rotatable bonds is 7. The Kier molecular flexibility index (Phi) is 5.97. The Labute approximate surface area is 116 Å². The topological polar surface area (TPSA) is 57.6 Å². The molecule has 1 N–H and O–H groups in total. The fraction of sp³-hybridized carbons (Fsp3) is 0.571. The molecule has 1 rings (SSSR count). The molecule has 0 amide bonds. The molecule has 0 unspecified atom stereocenters. The zero-order valence-electron chi connectivity index (χ0n) is 11.9. The second-order valence-corrected chi connectivity index (χ2v) is 6.65. The number of hydrogen-bond donors (Lipinski definition) is 1. The molecular formula is C14H23NO3S. The molecule has 108 valence electrons. The third-order valence-electron chi connectivity index (χ3n) is 3.21. The van der Waals surface area contributed by atoms with Crippen LogP contribution >= 0.6 is 0 Å². The summed E-state index contributed by atoms with van der Waals surface area (Å²) < 4.78 is 26.5. The van der Waals surface area contributed by atoms with Gasteiger partial charge in [0.25, 0.3) is 0 Å². The first-order valence-corrected chi connectivity index (χ1v) is 8.10. The highest BCUT2D eigenvalue weighted by atomic mass is 32.2. The van der Waals surface area contributed by atoms with Crippen LogP contribution in [0, 0.1) is 0 Å². The lowest BCUT2D eigenvalue weighted by Gasteiger charge is -2.19. The average Bonchev–Trinajstić information content (AvgIpc) is 2.43. The summed E-state index contributed by atoms with van der Waals surface area (Å²) >= 11 is 0. The molecule has 19 heavy (non-hydrogen) atoms. The van der Waals surface area contributed by atoms with Crippen molar-refractivity contribution in [2.24, 2.45) is 0 Å². The van der Waals surface area contributed by atoms with Gasteiger partial charge in [0, 0.05) is 13.6 Å². The number of nitrogens with zero attached hydrogens (tertiary/aromatic N) is 1. The molecule has 0 radical (unpaired) electrons. The summed E-state index contributed by atoms with van der Waals surface area (Å²) in [5.74, 6) is 0. The number of hydrogen-bond acceptors (Lipinski definition) is 3. The van der Waals surface area contributed by atoms with Gasteiger partial charge in [-0.05, 0) is 30.0 Å². The van der Waals surface area contributed by atoms with Crippen LogP contribution in [-0.4, -0.2) is 31.4 Å². The maximum absolute atomic E-state index is 12.5. The molecule has 0 aliphatic rings. The zero-order valence-corrected chi connectivity index (χ0v) is 12.7. The lowest BCUT2D eigenvalue weighted by atomic mass is 10.1. The van der Waals surface area contributed by atoms with Crippen molar-refractivity contribution in [3.63, 3.8) is 0 Å². The molecule has 0 spiro atoms. The van der Waals surface area contributed by atoms with Gasteiger partial charge in [0.15, 0.2) is 0 Å². The van der Waals surface area contributed by atoms with E-state index in [9.17, 15) is 8.42 Å². The number of aryl methyl sites for hydroxylation is 1. The minimum Gasteiger partial charge on any atom is -0.392 e. The Morgan fingerprint density at radius 2 is 1.95 bits per heavy atom. The van der Waals surface area contributed by atoms with Crippen molar-refractivity contribution in [3.8, 4) is 0 Å². The van der Waals surface area contributed by atoms with Crippen molar-refractivity contribution in [2.45, 2.75) is 44.6 Å². The quantitative estimate of drug-likeness (QED) is 0.835. The SMILES string of the molecule is CCCCN(C)S(=O)(=O)c1cc(CO)ccc1CC. The molecule has 1 aromatic rings. The predicted octanol–water partition coefficient (Wildman–Crippen LogP) is 2.16. The number of aliphatic hydroxyl groups is 1. The van der Waals surface area contributed by atoms with Crippen molar-refractivity contribution in [1.29, 1.82) is 0 Å². The summed E-state index contributed by atoms with van der Waals surface area (Å²) in [7, 11) is -1.86. The summed E-state index contributed by atoms with van der Waals surface area (Å²) in [5, 5.41) is 9.16. The van der Waals surface area contributed by atoms with Crippen molar-refractivity contribution in [3.05, 3.63) is 29.3 Å². The highest BCUT2D eigenvalue weighted by Crippen LogP contribution is 2.22. The first-order chi connectivity index (χ1) is 8.97. The lowest BCUT2D eigenvalue weighted by molar-refractivity contribution is 0.281. The first-order valence-electron chi connectivity index (χ1n) is 6.66. The van der Waals surface area contributed by atoms with Gasteiger partial charge in [0.2, 0.25) is 10.0 Å². The molecule has 1 aromatic carbocycles. The Hall–Kier alpha value is -0.910. The Bertz CT molecular complexity index is 511. The predicted molar refractivity (Wildman–Crippen MR) is 76.5 cm³/mol. The molecule has 0 bridgehead atoms. The normalized spacial score (nSPS) is 12.1. The molecule has 0 fully saturated rings. The van der Waals surface area contributed by atoms with Gasteiger partial charge in [-0.1, -0.05) is 32.4 Å². The molecular weight excluding hydrogens is 262 g/mol. The monoisotopic (exact) mass is 285 g/mol. The molecule has 0 saturated heterocycles. The highest BCUT2D eigenvalue weighted by molar-refractivity contribution is 7.89. The number of sulfonamides is 1. The van der Waals surface area contributed by atoms with Crippen LogP contribution in [0.5, 0.6) is 0 Å². The van der Waals surface area contributed by atoms with Crippen LogP contribution in [0.1, 0.15) is 37.8 Å². The van der Waals surface area contributed by atoms with E-state index in [4.69, 9.17) is 5.11 Å². The van der Waals surface area contributed by atoms with Crippen molar-refractivity contribution in [2.75, 3.05) is 13.6 Å². The zero-order chi connectivity index (χ0) is 14.5. The van der Waals surface area contributed by atoms with E-state index in [0.29, 0.717) is 23.4 Å². The van der Waals surface area contributed by atoms with E-state index in [0.717, 1.165) is 18.4 Å². The Morgan fingerprint density at radius 1 is 1.26 bits per heavy atom. The lowest BCUT2D eigenvalue weighted by Crippen LogP contribution is -2.28. The molecule has 5 heteroatoms. The Morgan fingerprint density at radius 3 is 2.47 bits per heavy atom. The van der Waals surface area contributed by atoms with Crippen LogP contribution in [0.3, 0.4) is 0 Å². The summed E-state index contributed by atoms with van der Waals surface area (Å²) in [6.07, 6.45) is 2.45. The van der Waals surface area contributed by atoms with Crippen LogP contribution in [0.2, 0.25) is 0 Å². The maximum atomic E-state index is 12.5. The fourth-order valence-corrected chi connectivity index (χ4v) is 3.45. The molecule has 0 saturated carbocycles. The van der Waals surface area contributed by atoms with Crippen molar-refractivity contribution >= 4 is 10.0 Å². The van der Waals surface area contributed by atoms with Gasteiger partial charge >= 0.3 is 0 Å². The minimum atomic E-state index is -3.46. The van der Waals surface area contributed by atoms with E-state index >= 15 is 0 Å². The summed E-state index contributed by atoms with van der Waals surface area (Å²) in [6.45, 7) is 4.33. The van der Waals surface area contributed by atoms with Crippen LogP contribution < -0.4 is 0 Å². The Balaban J connectivity index is 3.18. The minimum absolute atomic E-state index is 0.148. The number of benzene rings is 1. The van der Waals surface area contributed by atoms with Gasteiger partial charge in [-0.2, -0.15) is 0 Å². The van der Waals surface area contributed by atoms with Gasteiger partial charge in [0.1, 0.15) is 0 Å². The van der Waals surface area contributed by atoms with E-state index < -0.39 is 10.0 Å². The van der Waals surface area contributed by atoms with Crippen molar-refractivity contribution < 1.29 is 13.5 Å². The molecule has 0 aliphatic carbocycles. The first kappa shape index (κ1) is 16.1.